The largest absolute Gasteiger partial charge is 0.445 e. The number of nitrogens with one attached hydrogen (secondary N) is 4. The number of rotatable bonds is 15. The molecule has 0 fully saturated rings. The molecule has 0 aliphatic carbocycles. The maximum Gasteiger partial charge on any atom is 0.408 e. The number of aliphatic hydroxyl groups excluding tert-OH is 1. The first-order valence-corrected chi connectivity index (χ1v) is 14.3. The van der Waals surface area contributed by atoms with E-state index in [1.54, 1.807) is 30.3 Å². The number of aliphatic hydroxyl groups is 1. The lowest BCUT2D eigenvalue weighted by molar-refractivity contribution is -0.130. The van der Waals surface area contributed by atoms with Gasteiger partial charge in [0.1, 0.15) is 18.7 Å². The van der Waals surface area contributed by atoms with Crippen molar-refractivity contribution >= 4 is 23.8 Å². The summed E-state index contributed by atoms with van der Waals surface area (Å²) < 4.78 is 5.31. The van der Waals surface area contributed by atoms with Gasteiger partial charge in [-0.1, -0.05) is 92.7 Å². The van der Waals surface area contributed by atoms with Gasteiger partial charge in [-0.15, -0.1) is 0 Å². The van der Waals surface area contributed by atoms with E-state index < -0.39 is 42.6 Å². The van der Waals surface area contributed by atoms with E-state index in [1.165, 1.54) is 0 Å². The Morgan fingerprint density at radius 3 is 1.86 bits per heavy atom. The molecule has 3 atom stereocenters. The monoisotopic (exact) mass is 588 g/mol. The fraction of sp³-hybridized carbons (Fsp3) is 0.333. The van der Waals surface area contributed by atoms with Gasteiger partial charge in [0.05, 0.1) is 12.6 Å². The lowest BCUT2D eigenvalue weighted by atomic mass is 10.0. The number of alkyl carbamates (subject to hydrolysis) is 1. The van der Waals surface area contributed by atoms with Gasteiger partial charge >= 0.3 is 6.09 Å². The van der Waals surface area contributed by atoms with Crippen LogP contribution in [-0.2, 0) is 27.4 Å². The number of benzene rings is 3. The molecule has 4 amide bonds. The van der Waals surface area contributed by atoms with Gasteiger partial charge in [-0.2, -0.15) is 0 Å². The summed E-state index contributed by atoms with van der Waals surface area (Å²) in [7, 11) is 0. The van der Waals surface area contributed by atoms with E-state index in [9.17, 15) is 24.3 Å². The fourth-order valence-electron chi connectivity index (χ4n) is 4.31. The summed E-state index contributed by atoms with van der Waals surface area (Å²) in [6, 6.07) is 24.2. The Morgan fingerprint density at radius 1 is 0.721 bits per heavy atom. The average molecular weight is 589 g/mol. The highest BCUT2D eigenvalue weighted by molar-refractivity contribution is 5.94. The topological polar surface area (TPSA) is 146 Å². The zero-order valence-corrected chi connectivity index (χ0v) is 24.5. The van der Waals surface area contributed by atoms with Crippen molar-refractivity contribution in [3.8, 4) is 0 Å². The van der Waals surface area contributed by atoms with Crippen LogP contribution in [-0.4, -0.2) is 60.2 Å². The van der Waals surface area contributed by atoms with Crippen molar-refractivity contribution in [1.82, 2.24) is 21.3 Å². The molecule has 228 valence electrons. The molecule has 0 unspecified atom stereocenters. The van der Waals surface area contributed by atoms with Gasteiger partial charge in [0.15, 0.2) is 0 Å². The van der Waals surface area contributed by atoms with Gasteiger partial charge in [-0.05, 0) is 35.6 Å². The average Bonchev–Trinajstić information content (AvgIpc) is 3.02. The third-order valence-corrected chi connectivity index (χ3v) is 6.56. The summed E-state index contributed by atoms with van der Waals surface area (Å²) in [4.78, 5) is 51.9. The predicted molar refractivity (Wildman–Crippen MR) is 163 cm³/mol. The molecule has 0 aliphatic rings. The van der Waals surface area contributed by atoms with Crippen molar-refractivity contribution < 1.29 is 29.0 Å². The Hall–Kier alpha value is -4.70. The molecule has 3 aromatic rings. The maximum atomic E-state index is 13.5. The van der Waals surface area contributed by atoms with E-state index in [1.807, 2.05) is 74.5 Å². The van der Waals surface area contributed by atoms with E-state index in [0.717, 1.165) is 11.1 Å². The Bertz CT molecular complexity index is 1300. The summed E-state index contributed by atoms with van der Waals surface area (Å²) in [6.07, 6.45) is -0.264. The molecule has 0 radical (unpaired) electrons. The second kappa shape index (κ2) is 17.3. The Kier molecular flexibility index (Phi) is 13.2. The van der Waals surface area contributed by atoms with Gasteiger partial charge in [-0.3, -0.25) is 14.4 Å². The van der Waals surface area contributed by atoms with Gasteiger partial charge in [-0.25, -0.2) is 4.79 Å². The fourth-order valence-corrected chi connectivity index (χ4v) is 4.31. The smallest absolute Gasteiger partial charge is 0.408 e. The van der Waals surface area contributed by atoms with Crippen LogP contribution in [0.3, 0.4) is 0 Å². The second-order valence-corrected chi connectivity index (χ2v) is 10.6. The molecule has 0 saturated heterocycles. The summed E-state index contributed by atoms with van der Waals surface area (Å²) in [5, 5.41) is 20.8. The van der Waals surface area contributed by atoms with Crippen LogP contribution in [0.2, 0.25) is 0 Å². The summed E-state index contributed by atoms with van der Waals surface area (Å²) in [5.74, 6) is -1.37. The van der Waals surface area contributed by atoms with Crippen molar-refractivity contribution in [2.75, 3.05) is 13.2 Å². The van der Waals surface area contributed by atoms with Crippen molar-refractivity contribution in [3.05, 3.63) is 108 Å². The first-order chi connectivity index (χ1) is 20.7. The number of carbonyl (C=O) groups is 4. The van der Waals surface area contributed by atoms with Gasteiger partial charge in [0, 0.05) is 18.5 Å². The highest BCUT2D eigenvalue weighted by atomic mass is 16.5. The minimum Gasteiger partial charge on any atom is -0.445 e. The van der Waals surface area contributed by atoms with E-state index in [2.05, 4.69) is 21.3 Å². The van der Waals surface area contributed by atoms with Crippen LogP contribution < -0.4 is 21.3 Å². The number of hydrogen-bond acceptors (Lipinski definition) is 6. The molecular formula is C33H40N4O6. The molecule has 3 aromatic carbocycles. The molecule has 0 bridgehead atoms. The minimum absolute atomic E-state index is 0.0211. The normalized spacial score (nSPS) is 12.8. The van der Waals surface area contributed by atoms with Crippen LogP contribution in [0.1, 0.15) is 41.8 Å². The standard InChI is InChI=1S/C33H40N4O6/c1-23(2)18-28(37-33(42)43-22-25-14-8-4-9-15-25)32(41)36-29(19-24-12-6-3-7-13-24)31(40)35-27(21-38)20-34-30(39)26-16-10-5-11-17-26/h3-17,23,27-29,38H,18-22H2,1-2H3,(H,34,39)(H,35,40)(H,36,41)(H,37,42)/t27-,28-,29-/m0/s1. The molecule has 0 spiro atoms. The third kappa shape index (κ3) is 11.6. The summed E-state index contributed by atoms with van der Waals surface area (Å²) >= 11 is 0. The van der Waals surface area contributed by atoms with Crippen LogP contribution in [0.15, 0.2) is 91.0 Å². The molecule has 3 rings (SSSR count). The van der Waals surface area contributed by atoms with Gasteiger partial charge in [0.25, 0.3) is 5.91 Å². The quantitative estimate of drug-likeness (QED) is 0.185. The molecule has 0 heterocycles. The van der Waals surface area contributed by atoms with Crippen LogP contribution in [0.25, 0.3) is 0 Å². The predicted octanol–water partition coefficient (Wildman–Crippen LogP) is 2.96. The molecule has 0 saturated carbocycles. The van der Waals surface area contributed by atoms with E-state index in [4.69, 9.17) is 4.74 Å². The SMILES string of the molecule is CC(C)C[C@H](NC(=O)OCc1ccccc1)C(=O)N[C@@H](Cc1ccccc1)C(=O)N[C@H](CO)CNC(=O)c1ccccc1. The van der Waals surface area contributed by atoms with E-state index in [-0.39, 0.29) is 31.4 Å². The zero-order valence-electron chi connectivity index (χ0n) is 24.5. The van der Waals surface area contributed by atoms with Crippen LogP contribution >= 0.6 is 0 Å². The lowest BCUT2D eigenvalue weighted by Gasteiger charge is -2.26. The van der Waals surface area contributed by atoms with E-state index in [0.29, 0.717) is 12.0 Å². The van der Waals surface area contributed by atoms with Crippen molar-refractivity contribution in [2.45, 2.75) is 51.4 Å². The molecule has 0 aromatic heterocycles. The molecular weight excluding hydrogens is 548 g/mol. The molecule has 43 heavy (non-hydrogen) atoms. The van der Waals surface area contributed by atoms with Crippen molar-refractivity contribution in [2.24, 2.45) is 5.92 Å². The van der Waals surface area contributed by atoms with Crippen molar-refractivity contribution in [3.63, 3.8) is 0 Å². The van der Waals surface area contributed by atoms with Crippen molar-refractivity contribution in [1.29, 1.82) is 0 Å². The molecule has 5 N–H and O–H groups in total. The van der Waals surface area contributed by atoms with Gasteiger partial charge < -0.3 is 31.1 Å². The highest BCUT2D eigenvalue weighted by Gasteiger charge is 2.29. The number of amides is 4. The number of carbonyl (C=O) groups excluding carboxylic acids is 4. The first-order valence-electron chi connectivity index (χ1n) is 14.3. The zero-order chi connectivity index (χ0) is 31.0. The highest BCUT2D eigenvalue weighted by Crippen LogP contribution is 2.09. The first kappa shape index (κ1) is 32.8. The van der Waals surface area contributed by atoms with Crippen LogP contribution in [0.5, 0.6) is 0 Å². The molecule has 10 nitrogen and oxygen atoms in total. The minimum atomic E-state index is -1.02. The number of hydrogen-bond donors (Lipinski definition) is 5. The number of ether oxygens (including phenoxy) is 1. The summed E-state index contributed by atoms with van der Waals surface area (Å²) in [6.45, 7) is 3.43. The van der Waals surface area contributed by atoms with E-state index >= 15 is 0 Å². The van der Waals surface area contributed by atoms with Gasteiger partial charge in [0.2, 0.25) is 11.8 Å². The van der Waals surface area contributed by atoms with Crippen LogP contribution in [0.4, 0.5) is 4.79 Å². The Morgan fingerprint density at radius 2 is 1.28 bits per heavy atom. The maximum absolute atomic E-state index is 13.5. The summed E-state index contributed by atoms with van der Waals surface area (Å²) in [5.41, 5.74) is 2.06. The third-order valence-electron chi connectivity index (χ3n) is 6.56. The van der Waals surface area contributed by atoms with Crippen LogP contribution in [0, 0.1) is 5.92 Å². The second-order valence-electron chi connectivity index (χ2n) is 10.6. The molecule has 10 heteroatoms. The Balaban J connectivity index is 1.67. The molecule has 0 aliphatic heterocycles. The Labute approximate surface area is 252 Å². The lowest BCUT2D eigenvalue weighted by Crippen LogP contribution is -2.57.